The first-order chi connectivity index (χ1) is 10.3. The van der Waals surface area contributed by atoms with Crippen molar-refractivity contribution in [1.82, 2.24) is 0 Å². The molecular formula is C16H17N2O2S+. The standard InChI is InChI=1S/C16H17N2O2S/c19-18-13-6-1-7-17-15(13)16-12(5-2-8-20-16)14(18)10-11-4-3-9-21-11/h2-5,9,14,19H,1,6-8,10H2/q+1. The molecule has 1 aromatic heterocycles. The second-order valence-electron chi connectivity index (χ2n) is 5.42. The highest BCUT2D eigenvalue weighted by molar-refractivity contribution is 7.09. The Kier molecular flexibility index (Phi) is 3.15. The second kappa shape index (κ2) is 5.15. The van der Waals surface area contributed by atoms with Crippen LogP contribution in [0.15, 0.2) is 46.0 Å². The highest BCUT2D eigenvalue weighted by atomic mass is 32.1. The SMILES string of the molecule is O[N+]1=C2CCCN=C2C2=C(C=CCO2)C1Cc1cccs1. The summed E-state index contributed by atoms with van der Waals surface area (Å²) in [4.78, 5) is 5.85. The van der Waals surface area contributed by atoms with E-state index in [1.165, 1.54) is 9.62 Å². The Morgan fingerprint density at radius 2 is 2.43 bits per heavy atom. The van der Waals surface area contributed by atoms with Crippen molar-refractivity contribution in [3.63, 3.8) is 0 Å². The third kappa shape index (κ3) is 2.12. The van der Waals surface area contributed by atoms with E-state index in [0.29, 0.717) is 6.61 Å². The number of rotatable bonds is 2. The van der Waals surface area contributed by atoms with E-state index in [2.05, 4.69) is 22.5 Å². The quantitative estimate of drug-likeness (QED) is 0.674. The predicted octanol–water partition coefficient (Wildman–Crippen LogP) is 2.59. The number of hydrogen-bond donors (Lipinski definition) is 1. The number of allylic oxidation sites excluding steroid dienone is 1. The first kappa shape index (κ1) is 12.8. The van der Waals surface area contributed by atoms with Gasteiger partial charge in [-0.3, -0.25) is 10.2 Å². The molecule has 0 saturated carbocycles. The van der Waals surface area contributed by atoms with Crippen molar-refractivity contribution in [2.45, 2.75) is 25.3 Å². The molecule has 0 aromatic carbocycles. The summed E-state index contributed by atoms with van der Waals surface area (Å²) in [6.45, 7) is 1.40. The number of thiophene rings is 1. The summed E-state index contributed by atoms with van der Waals surface area (Å²) in [5.74, 6) is 0.874. The number of aliphatic imine (C=N–C) groups is 1. The summed E-state index contributed by atoms with van der Waals surface area (Å²) in [6.07, 6.45) is 6.72. The lowest BCUT2D eigenvalue weighted by atomic mass is 9.90. The Bertz CT molecular complexity index is 683. The molecule has 4 rings (SSSR count). The van der Waals surface area contributed by atoms with Gasteiger partial charge < -0.3 is 4.74 Å². The van der Waals surface area contributed by atoms with Gasteiger partial charge in [0.25, 0.3) is 5.71 Å². The fourth-order valence-electron chi connectivity index (χ4n) is 3.14. The van der Waals surface area contributed by atoms with Crippen molar-refractivity contribution < 1.29 is 14.7 Å². The molecule has 0 spiro atoms. The Morgan fingerprint density at radius 1 is 1.48 bits per heavy atom. The molecule has 21 heavy (non-hydrogen) atoms. The van der Waals surface area contributed by atoms with Crippen molar-refractivity contribution in [2.75, 3.05) is 13.2 Å². The summed E-state index contributed by atoms with van der Waals surface area (Å²) in [6, 6.07) is 4.08. The molecule has 4 heterocycles. The molecule has 3 aliphatic rings. The molecule has 0 aliphatic carbocycles. The number of hydroxylamine groups is 1. The lowest BCUT2D eigenvalue weighted by Gasteiger charge is -2.27. The first-order valence-electron chi connectivity index (χ1n) is 7.29. The van der Waals surface area contributed by atoms with E-state index in [-0.39, 0.29) is 6.04 Å². The molecule has 3 aliphatic heterocycles. The molecule has 4 nitrogen and oxygen atoms in total. The maximum Gasteiger partial charge on any atom is 0.257 e. The van der Waals surface area contributed by atoms with Crippen LogP contribution >= 0.6 is 11.3 Å². The van der Waals surface area contributed by atoms with E-state index in [1.807, 2.05) is 12.1 Å². The van der Waals surface area contributed by atoms with Crippen molar-refractivity contribution in [2.24, 2.45) is 4.99 Å². The van der Waals surface area contributed by atoms with Crippen LogP contribution in [0.3, 0.4) is 0 Å². The molecule has 0 fully saturated rings. The van der Waals surface area contributed by atoms with Crippen LogP contribution in [0.4, 0.5) is 0 Å². The van der Waals surface area contributed by atoms with Gasteiger partial charge in [-0.15, -0.1) is 11.3 Å². The first-order valence-corrected chi connectivity index (χ1v) is 8.17. The Balaban J connectivity index is 1.80. The zero-order valence-corrected chi connectivity index (χ0v) is 12.5. The summed E-state index contributed by atoms with van der Waals surface area (Å²) < 4.78 is 7.28. The molecular weight excluding hydrogens is 284 g/mol. The van der Waals surface area contributed by atoms with E-state index in [9.17, 15) is 5.21 Å². The normalized spacial score (nSPS) is 24.4. The molecule has 108 valence electrons. The van der Waals surface area contributed by atoms with Crippen LogP contribution in [-0.4, -0.2) is 40.6 Å². The maximum absolute atomic E-state index is 10.7. The average Bonchev–Trinajstić information content (AvgIpc) is 3.04. The minimum Gasteiger partial charge on any atom is -0.486 e. The van der Waals surface area contributed by atoms with E-state index in [1.54, 1.807) is 11.3 Å². The summed E-state index contributed by atoms with van der Waals surface area (Å²) in [5.41, 5.74) is 2.81. The summed E-state index contributed by atoms with van der Waals surface area (Å²) in [7, 11) is 0. The smallest absolute Gasteiger partial charge is 0.257 e. The van der Waals surface area contributed by atoms with Gasteiger partial charge in [0, 0.05) is 17.8 Å². The van der Waals surface area contributed by atoms with Crippen molar-refractivity contribution in [1.29, 1.82) is 0 Å². The Hall–Kier alpha value is -1.88. The maximum atomic E-state index is 10.7. The van der Waals surface area contributed by atoms with E-state index in [0.717, 1.165) is 48.6 Å². The number of ether oxygens (including phenoxy) is 1. The van der Waals surface area contributed by atoms with Crippen molar-refractivity contribution in [3.8, 4) is 0 Å². The van der Waals surface area contributed by atoms with E-state index in [4.69, 9.17) is 4.74 Å². The zero-order chi connectivity index (χ0) is 14.2. The average molecular weight is 301 g/mol. The predicted molar refractivity (Wildman–Crippen MR) is 82.5 cm³/mol. The highest BCUT2D eigenvalue weighted by Crippen LogP contribution is 2.30. The third-order valence-corrected chi connectivity index (χ3v) is 5.02. The zero-order valence-electron chi connectivity index (χ0n) is 11.7. The van der Waals surface area contributed by atoms with Gasteiger partial charge >= 0.3 is 0 Å². The van der Waals surface area contributed by atoms with Gasteiger partial charge in [0.2, 0.25) is 6.04 Å². The molecule has 0 radical (unpaired) electrons. The molecule has 1 aromatic rings. The number of fused-ring (bicyclic) bond motifs is 2. The summed E-state index contributed by atoms with van der Waals surface area (Å²) >= 11 is 1.72. The van der Waals surface area contributed by atoms with Crippen molar-refractivity contribution in [3.05, 3.63) is 45.9 Å². The second-order valence-corrected chi connectivity index (χ2v) is 6.45. The number of hydrogen-bond acceptors (Lipinski definition) is 4. The minimum absolute atomic E-state index is 0.0813. The Labute approximate surface area is 127 Å². The number of nitrogens with zero attached hydrogens (tertiary/aromatic N) is 2. The van der Waals surface area contributed by atoms with Gasteiger partial charge in [0.1, 0.15) is 6.61 Å². The molecule has 0 amide bonds. The minimum atomic E-state index is -0.0813. The molecule has 1 N–H and O–H groups in total. The Morgan fingerprint density at radius 3 is 3.29 bits per heavy atom. The molecule has 1 atom stereocenters. The monoisotopic (exact) mass is 301 g/mol. The van der Waals surface area contributed by atoms with Crippen LogP contribution in [0.5, 0.6) is 0 Å². The molecule has 0 bridgehead atoms. The molecule has 5 heteroatoms. The third-order valence-electron chi connectivity index (χ3n) is 4.12. The van der Waals surface area contributed by atoms with Crippen LogP contribution in [0.1, 0.15) is 17.7 Å². The lowest BCUT2D eigenvalue weighted by molar-refractivity contribution is -0.793. The van der Waals surface area contributed by atoms with Crippen LogP contribution in [-0.2, 0) is 11.2 Å². The lowest BCUT2D eigenvalue weighted by Crippen LogP contribution is -2.44. The van der Waals surface area contributed by atoms with E-state index < -0.39 is 0 Å². The highest BCUT2D eigenvalue weighted by Gasteiger charge is 2.43. The fourth-order valence-corrected chi connectivity index (χ4v) is 3.88. The van der Waals surface area contributed by atoms with Gasteiger partial charge in [0.15, 0.2) is 11.5 Å². The topological polar surface area (TPSA) is 44.8 Å². The van der Waals surface area contributed by atoms with Crippen LogP contribution in [0, 0.1) is 0 Å². The van der Waals surface area contributed by atoms with Gasteiger partial charge in [0.05, 0.1) is 12.0 Å². The summed E-state index contributed by atoms with van der Waals surface area (Å²) in [5, 5.41) is 12.8. The van der Waals surface area contributed by atoms with Crippen LogP contribution < -0.4 is 0 Å². The van der Waals surface area contributed by atoms with Gasteiger partial charge in [-0.2, -0.15) is 0 Å². The van der Waals surface area contributed by atoms with Gasteiger partial charge in [-0.25, -0.2) is 0 Å². The molecule has 1 unspecified atom stereocenters. The fraction of sp³-hybridized carbons (Fsp3) is 0.375. The molecule has 0 saturated heterocycles. The van der Waals surface area contributed by atoms with E-state index >= 15 is 0 Å². The largest absolute Gasteiger partial charge is 0.486 e. The van der Waals surface area contributed by atoms with Gasteiger partial charge in [-0.05, 0) is 34.8 Å². The van der Waals surface area contributed by atoms with Gasteiger partial charge in [-0.1, -0.05) is 6.07 Å². The van der Waals surface area contributed by atoms with Crippen LogP contribution in [0.2, 0.25) is 0 Å². The van der Waals surface area contributed by atoms with Crippen LogP contribution in [0.25, 0.3) is 0 Å². The van der Waals surface area contributed by atoms with Crippen molar-refractivity contribution >= 4 is 22.8 Å².